The van der Waals surface area contributed by atoms with Gasteiger partial charge in [0.25, 0.3) is 0 Å². The van der Waals surface area contributed by atoms with Crippen molar-refractivity contribution in [3.8, 4) is 0 Å². The van der Waals surface area contributed by atoms with E-state index in [1.807, 2.05) is 0 Å². The normalized spacial score (nSPS) is 12.5. The Bertz CT molecular complexity index is 176. The van der Waals surface area contributed by atoms with Crippen molar-refractivity contribution < 1.29 is 36.9 Å². The van der Waals surface area contributed by atoms with Crippen LogP contribution in [0.15, 0.2) is 0 Å². The van der Waals surface area contributed by atoms with Gasteiger partial charge < -0.3 is 31.3 Å². The van der Waals surface area contributed by atoms with Crippen LogP contribution in [0.5, 0.6) is 0 Å². The maximum absolute atomic E-state index is 9.65. The molecule has 0 saturated heterocycles. The van der Waals surface area contributed by atoms with E-state index in [4.69, 9.17) is 11.5 Å². The Balaban J connectivity index is -0.000000180. The Labute approximate surface area is 109 Å². The molecule has 2 unspecified atom stereocenters. The largest absolute Gasteiger partial charge is 2.00 e. The van der Waals surface area contributed by atoms with Gasteiger partial charge in [-0.1, -0.05) is 0 Å². The number of carboxylic acid groups (broad SMARTS) is 2. The van der Waals surface area contributed by atoms with E-state index in [0.29, 0.717) is 0 Å². The molecular weight excluding hydrogens is 283 g/mol. The maximum Gasteiger partial charge on any atom is 2.00 e. The molecule has 0 amide bonds. The Kier molecular flexibility index (Phi) is 16.6. The van der Waals surface area contributed by atoms with Gasteiger partial charge in [0.2, 0.25) is 0 Å². The topological polar surface area (TPSA) is 132 Å². The van der Waals surface area contributed by atoms with Gasteiger partial charge in [-0.15, -0.1) is 0 Å². The van der Waals surface area contributed by atoms with Crippen molar-refractivity contribution in [1.29, 1.82) is 0 Å². The third-order valence-electron chi connectivity index (χ3n) is 0.999. The first-order valence-corrected chi connectivity index (χ1v) is 4.77. The molecular formula is C6H12MnN2O4S2. The average Bonchev–Trinajstić information content (AvgIpc) is 2.15. The van der Waals surface area contributed by atoms with Gasteiger partial charge in [0.15, 0.2) is 0 Å². The zero-order valence-electron chi connectivity index (χ0n) is 7.63. The number of hydrogen-bond acceptors (Lipinski definition) is 8. The van der Waals surface area contributed by atoms with Crippen LogP contribution in [-0.4, -0.2) is 35.5 Å². The fourth-order valence-corrected chi connectivity index (χ4v) is 0.447. The van der Waals surface area contributed by atoms with Crippen molar-refractivity contribution in [3.05, 3.63) is 0 Å². The Hall–Kier alpha value is 0.0795. The van der Waals surface area contributed by atoms with Crippen LogP contribution in [0.4, 0.5) is 0 Å². The number of nitrogens with two attached hydrogens (primary N) is 2. The van der Waals surface area contributed by atoms with Crippen molar-refractivity contribution in [2.75, 3.05) is 11.5 Å². The van der Waals surface area contributed by atoms with Crippen molar-refractivity contribution in [2.45, 2.75) is 12.1 Å². The molecule has 0 spiro atoms. The van der Waals surface area contributed by atoms with Crippen molar-refractivity contribution in [1.82, 2.24) is 0 Å². The van der Waals surface area contributed by atoms with Crippen molar-refractivity contribution >= 4 is 37.2 Å². The number of hydrogen-bond donors (Lipinski definition) is 4. The van der Waals surface area contributed by atoms with Crippen molar-refractivity contribution in [2.24, 2.45) is 11.5 Å². The molecule has 6 nitrogen and oxygen atoms in total. The fourth-order valence-electron chi connectivity index (χ4n) is 0.149. The third kappa shape index (κ3) is 14.1. The van der Waals surface area contributed by atoms with Crippen LogP contribution < -0.4 is 21.7 Å². The van der Waals surface area contributed by atoms with Crippen LogP contribution in [0.3, 0.4) is 0 Å². The van der Waals surface area contributed by atoms with Crippen LogP contribution in [0.1, 0.15) is 0 Å². The zero-order valence-corrected chi connectivity index (χ0v) is 10.6. The Morgan fingerprint density at radius 2 is 1.20 bits per heavy atom. The molecule has 0 saturated carbocycles. The van der Waals surface area contributed by atoms with Crippen LogP contribution >= 0.6 is 25.3 Å². The number of rotatable bonds is 4. The maximum atomic E-state index is 9.65. The molecule has 0 bridgehead atoms. The van der Waals surface area contributed by atoms with Gasteiger partial charge in [-0.25, -0.2) is 0 Å². The smallest absolute Gasteiger partial charge is 0.548 e. The number of carbonyl (C=O) groups is 2. The molecule has 0 aliphatic heterocycles. The molecule has 0 aliphatic carbocycles. The molecule has 0 heterocycles. The second kappa shape index (κ2) is 12.2. The molecule has 4 N–H and O–H groups in total. The molecule has 0 aromatic rings. The molecule has 1 radical (unpaired) electrons. The molecule has 0 aromatic carbocycles. The summed E-state index contributed by atoms with van der Waals surface area (Å²) in [5, 5.41) is 19.3. The SMILES string of the molecule is NC(CS)C(=O)[O-].NC(CS)C(=O)[O-].[Mn+2]. The molecule has 0 rings (SSSR count). The monoisotopic (exact) mass is 295 g/mol. The molecule has 0 aliphatic rings. The van der Waals surface area contributed by atoms with Crippen LogP contribution in [0, 0.1) is 0 Å². The van der Waals surface area contributed by atoms with Gasteiger partial charge in [-0.2, -0.15) is 25.3 Å². The molecule has 0 aromatic heterocycles. The van der Waals surface area contributed by atoms with E-state index >= 15 is 0 Å². The van der Waals surface area contributed by atoms with Gasteiger partial charge in [-0.05, 0) is 0 Å². The predicted molar refractivity (Wildman–Crippen MR) is 53.7 cm³/mol. The van der Waals surface area contributed by atoms with Crippen LogP contribution in [0.2, 0.25) is 0 Å². The summed E-state index contributed by atoms with van der Waals surface area (Å²) < 4.78 is 0. The summed E-state index contributed by atoms with van der Waals surface area (Å²) in [7, 11) is 0. The van der Waals surface area contributed by atoms with E-state index in [9.17, 15) is 19.8 Å². The summed E-state index contributed by atoms with van der Waals surface area (Å²) in [6, 6.07) is -1.85. The number of carboxylic acids is 2. The summed E-state index contributed by atoms with van der Waals surface area (Å²) in [4.78, 5) is 19.3. The molecule has 2 atom stereocenters. The van der Waals surface area contributed by atoms with Crippen LogP contribution in [0.25, 0.3) is 0 Å². The zero-order chi connectivity index (χ0) is 11.7. The van der Waals surface area contributed by atoms with Gasteiger partial charge in [-0.3, -0.25) is 0 Å². The van der Waals surface area contributed by atoms with Gasteiger partial charge >= 0.3 is 17.1 Å². The fraction of sp³-hybridized carbons (Fsp3) is 0.667. The summed E-state index contributed by atoms with van der Waals surface area (Å²) in [5.41, 5.74) is 9.75. The minimum Gasteiger partial charge on any atom is -0.548 e. The first-order chi connectivity index (χ1) is 6.36. The van der Waals surface area contributed by atoms with E-state index in [1.165, 1.54) is 0 Å². The van der Waals surface area contributed by atoms with E-state index in [1.54, 1.807) is 0 Å². The number of thiol groups is 2. The second-order valence-electron chi connectivity index (χ2n) is 2.22. The first-order valence-electron chi connectivity index (χ1n) is 3.51. The second-order valence-corrected chi connectivity index (χ2v) is 2.95. The van der Waals surface area contributed by atoms with E-state index < -0.39 is 24.0 Å². The summed E-state index contributed by atoms with van der Waals surface area (Å²) in [6.07, 6.45) is 0. The summed E-state index contributed by atoms with van der Waals surface area (Å²) >= 11 is 7.22. The molecule has 89 valence electrons. The third-order valence-corrected chi connectivity index (χ3v) is 1.79. The molecule has 15 heavy (non-hydrogen) atoms. The Morgan fingerprint density at radius 1 is 1.00 bits per heavy atom. The Morgan fingerprint density at radius 3 is 1.20 bits per heavy atom. The van der Waals surface area contributed by atoms with Gasteiger partial charge in [0.1, 0.15) is 0 Å². The molecule has 0 fully saturated rings. The minimum atomic E-state index is -1.25. The standard InChI is InChI=1S/2C3H7NO2S.Mn/c2*4-2(1-7)3(5)6;/h2*2,7H,1,4H2,(H,5,6);/q;;+2/p-2. The first kappa shape index (κ1) is 20.5. The molecule has 9 heteroatoms. The van der Waals surface area contributed by atoms with E-state index in [0.717, 1.165) is 0 Å². The van der Waals surface area contributed by atoms with Gasteiger partial charge in [0.05, 0.1) is 24.0 Å². The van der Waals surface area contributed by atoms with E-state index in [2.05, 4.69) is 25.3 Å². The minimum absolute atomic E-state index is 0. The number of carbonyl (C=O) groups excluding carboxylic acids is 2. The number of aliphatic carboxylic acids is 2. The quantitative estimate of drug-likeness (QED) is 0.308. The predicted octanol–water partition coefficient (Wildman–Crippen LogP) is -4.02. The van der Waals surface area contributed by atoms with Crippen molar-refractivity contribution in [3.63, 3.8) is 0 Å². The average molecular weight is 295 g/mol. The van der Waals surface area contributed by atoms with Crippen LogP contribution in [-0.2, 0) is 26.7 Å². The summed E-state index contributed by atoms with van der Waals surface area (Å²) in [5.74, 6) is -2.25. The summed E-state index contributed by atoms with van der Waals surface area (Å²) in [6.45, 7) is 0. The van der Waals surface area contributed by atoms with Gasteiger partial charge in [0, 0.05) is 11.5 Å². The van der Waals surface area contributed by atoms with E-state index in [-0.39, 0.29) is 28.6 Å².